The summed E-state index contributed by atoms with van der Waals surface area (Å²) < 4.78 is 24.8. The molecule has 1 aliphatic heterocycles. The fraction of sp³-hybridized carbons (Fsp3) is 0.451. The highest BCUT2D eigenvalue weighted by Gasteiger charge is 2.44. The minimum Gasteiger partial charge on any atom is -0.491 e. The number of nitrogens with one attached hydrogen (secondary N) is 3. The van der Waals surface area contributed by atoms with Gasteiger partial charge in [-0.1, -0.05) is 45.0 Å². The second kappa shape index (κ2) is 23.5. The molecule has 0 unspecified atom stereocenters. The number of ether oxygens (including phenoxy) is 4. The summed E-state index contributed by atoms with van der Waals surface area (Å²) in [6.45, 7) is 17.0. The molecule has 0 saturated carbocycles. The molecule has 18 nitrogen and oxygen atoms in total. The lowest BCUT2D eigenvalue weighted by Crippen LogP contribution is -2.58. The summed E-state index contributed by atoms with van der Waals surface area (Å²) in [5.74, 6) is 2.16. The van der Waals surface area contributed by atoms with Gasteiger partial charge in [0.05, 0.1) is 73.0 Å². The van der Waals surface area contributed by atoms with Crippen LogP contribution in [-0.2, 0) is 28.6 Å². The highest BCUT2D eigenvalue weighted by Crippen LogP contribution is 2.30. The largest absolute Gasteiger partial charge is 0.491 e. The molecule has 4 atom stereocenters. The van der Waals surface area contributed by atoms with Crippen molar-refractivity contribution in [3.63, 3.8) is 0 Å². The van der Waals surface area contributed by atoms with Crippen LogP contribution in [0.15, 0.2) is 78.6 Å². The molecule has 0 radical (unpaired) electrons. The zero-order chi connectivity index (χ0) is 50.0. The molecule has 1 aliphatic rings. The standard InChI is InChI=1S/C51H64N10O8S/c1-31(2)61-34(5)56-40-27-53-44(26-41(40)61)57-43-17-18-52-48(58-43)37-13-15-39(16-14-37)69-24-23-67-20-19-66-21-22-68-29-45(63)59-47(51(6,7)8)50(65)60-28-38(62)25-42(60)49(64)55-32(3)35-9-11-36(12-10-35)46-33(4)54-30-70-46/h9-18,26-27,30-32,38,42,47,62H,19-25,28-29H2,1-8H3,(H,55,64)(H,59,63)(H,52,53,57,58)/t32-,38-,42+,47+/m0/s1. The van der Waals surface area contributed by atoms with E-state index in [4.69, 9.17) is 23.9 Å². The summed E-state index contributed by atoms with van der Waals surface area (Å²) in [5, 5.41) is 19.7. The number of aliphatic hydroxyl groups excluding tert-OH is 1. The minimum absolute atomic E-state index is 0.0224. The number of nitrogens with zero attached hydrogens (tertiary/aromatic N) is 7. The maximum Gasteiger partial charge on any atom is 0.246 e. The lowest BCUT2D eigenvalue weighted by Gasteiger charge is -2.35. The van der Waals surface area contributed by atoms with Gasteiger partial charge in [0.1, 0.15) is 54.0 Å². The average molecular weight is 977 g/mol. The molecule has 3 amide bonds. The van der Waals surface area contributed by atoms with Crippen molar-refractivity contribution in [2.45, 2.75) is 92.1 Å². The number of rotatable bonds is 22. The van der Waals surface area contributed by atoms with E-state index in [0.29, 0.717) is 49.6 Å². The van der Waals surface area contributed by atoms with Crippen LogP contribution >= 0.6 is 11.3 Å². The summed E-state index contributed by atoms with van der Waals surface area (Å²) in [7, 11) is 0. The zero-order valence-corrected chi connectivity index (χ0v) is 41.9. The second-order valence-electron chi connectivity index (χ2n) is 18.6. The monoisotopic (exact) mass is 976 g/mol. The van der Waals surface area contributed by atoms with E-state index in [1.807, 2.05) is 102 Å². The number of pyridine rings is 1. The SMILES string of the molecule is Cc1ncsc1-c1ccc([C@H](C)NC(=O)[C@H]2C[C@H](O)CN2C(=O)[C@@H](NC(=O)COCCOCCOCCOc2ccc(-c3nccc(Nc4cc5c(cn4)nc(C)n5C(C)C)n3)cc2)C(C)(C)C)cc1. The first-order chi connectivity index (χ1) is 33.5. The van der Waals surface area contributed by atoms with Gasteiger partial charge in [0.15, 0.2) is 5.82 Å². The number of thiazole rings is 1. The smallest absolute Gasteiger partial charge is 0.246 e. The number of β-amino-alcohol motifs (C(OH)–C–C–N with tert-alkyl or cyclic N) is 1. The fourth-order valence-corrected chi connectivity index (χ4v) is 9.09. The summed E-state index contributed by atoms with van der Waals surface area (Å²) in [6.07, 6.45) is 2.68. The first-order valence-corrected chi connectivity index (χ1v) is 24.4. The van der Waals surface area contributed by atoms with Gasteiger partial charge in [-0.15, -0.1) is 11.3 Å². The molecule has 0 spiro atoms. The second-order valence-corrected chi connectivity index (χ2v) is 19.5. The third kappa shape index (κ3) is 13.3. The number of carbonyl (C=O) groups excluding carboxylic acids is 3. The lowest BCUT2D eigenvalue weighted by atomic mass is 9.85. The highest BCUT2D eigenvalue weighted by molar-refractivity contribution is 7.13. The number of aliphatic hydroxyl groups is 1. The van der Waals surface area contributed by atoms with Crippen molar-refractivity contribution >= 4 is 51.7 Å². The van der Waals surface area contributed by atoms with Crippen molar-refractivity contribution < 1.29 is 38.4 Å². The Bertz CT molecular complexity index is 2700. The first-order valence-electron chi connectivity index (χ1n) is 23.6. The van der Waals surface area contributed by atoms with Crippen LogP contribution in [-0.4, -0.2) is 128 Å². The van der Waals surface area contributed by atoms with Crippen LogP contribution < -0.4 is 20.7 Å². The van der Waals surface area contributed by atoms with Crippen molar-refractivity contribution in [1.82, 2.24) is 45.0 Å². The maximum absolute atomic E-state index is 14.0. The number of anilines is 2. The predicted molar refractivity (Wildman–Crippen MR) is 268 cm³/mol. The molecule has 4 N–H and O–H groups in total. The normalized spacial score (nSPS) is 15.8. The Labute approximate surface area is 412 Å². The van der Waals surface area contributed by atoms with Crippen molar-refractivity contribution in [1.29, 1.82) is 0 Å². The molecule has 372 valence electrons. The Morgan fingerprint density at radius 2 is 1.51 bits per heavy atom. The number of amides is 3. The maximum atomic E-state index is 14.0. The van der Waals surface area contributed by atoms with Crippen LogP contribution in [0.2, 0.25) is 0 Å². The van der Waals surface area contributed by atoms with Crippen molar-refractivity contribution in [2.24, 2.45) is 5.41 Å². The number of benzene rings is 2. The average Bonchev–Trinajstić information content (AvgIpc) is 4.04. The van der Waals surface area contributed by atoms with Crippen molar-refractivity contribution in [3.05, 3.63) is 95.6 Å². The van der Waals surface area contributed by atoms with Gasteiger partial charge in [0.25, 0.3) is 0 Å². The number of likely N-dealkylation sites (tertiary alicyclic amines) is 1. The van der Waals surface area contributed by atoms with Crippen LogP contribution in [0.5, 0.6) is 5.75 Å². The van der Waals surface area contributed by atoms with Crippen LogP contribution in [0, 0.1) is 19.3 Å². The Balaban J connectivity index is 0.768. The van der Waals surface area contributed by atoms with Gasteiger partial charge in [-0.2, -0.15) is 0 Å². The van der Waals surface area contributed by atoms with Crippen molar-refractivity contribution in [2.75, 3.05) is 58.1 Å². The number of imidazole rings is 1. The third-order valence-electron chi connectivity index (χ3n) is 11.8. The number of aryl methyl sites for hydroxylation is 2. The van der Waals surface area contributed by atoms with E-state index in [2.05, 4.69) is 54.3 Å². The summed E-state index contributed by atoms with van der Waals surface area (Å²) >= 11 is 1.57. The predicted octanol–water partition coefficient (Wildman–Crippen LogP) is 6.75. The van der Waals surface area contributed by atoms with E-state index in [1.165, 1.54) is 4.90 Å². The molecule has 6 aromatic rings. The van der Waals surface area contributed by atoms with E-state index in [0.717, 1.165) is 44.1 Å². The Morgan fingerprint density at radius 1 is 0.829 bits per heavy atom. The molecule has 5 heterocycles. The summed E-state index contributed by atoms with van der Waals surface area (Å²) in [4.78, 5) is 65.8. The molecule has 19 heteroatoms. The first kappa shape index (κ1) is 51.5. The van der Waals surface area contributed by atoms with Gasteiger partial charge in [-0.25, -0.2) is 24.9 Å². The number of hydrogen-bond donors (Lipinski definition) is 4. The molecular weight excluding hydrogens is 913 g/mol. The topological polar surface area (TPSA) is 217 Å². The van der Waals surface area contributed by atoms with Gasteiger partial charge < -0.3 is 49.5 Å². The van der Waals surface area contributed by atoms with Crippen LogP contribution in [0.25, 0.3) is 32.9 Å². The molecule has 2 aromatic carbocycles. The van der Waals surface area contributed by atoms with E-state index in [1.54, 1.807) is 29.8 Å². The molecule has 1 saturated heterocycles. The van der Waals surface area contributed by atoms with Gasteiger partial charge in [-0.05, 0) is 81.5 Å². The summed E-state index contributed by atoms with van der Waals surface area (Å²) in [5.41, 5.74) is 6.70. The zero-order valence-electron chi connectivity index (χ0n) is 41.1. The van der Waals surface area contributed by atoms with Crippen LogP contribution in [0.4, 0.5) is 11.6 Å². The quantitative estimate of drug-likeness (QED) is 0.0518. The van der Waals surface area contributed by atoms with Crippen molar-refractivity contribution in [3.8, 4) is 27.6 Å². The van der Waals surface area contributed by atoms with E-state index in [-0.39, 0.29) is 50.8 Å². The van der Waals surface area contributed by atoms with Gasteiger partial charge in [-0.3, -0.25) is 14.4 Å². The van der Waals surface area contributed by atoms with Gasteiger partial charge >= 0.3 is 0 Å². The van der Waals surface area contributed by atoms with Gasteiger partial charge in [0, 0.05) is 36.8 Å². The summed E-state index contributed by atoms with van der Waals surface area (Å²) in [6, 6.07) is 17.3. The van der Waals surface area contributed by atoms with Gasteiger partial charge in [0.2, 0.25) is 17.7 Å². The molecular formula is C51H64N10O8S. The Morgan fingerprint density at radius 3 is 2.19 bits per heavy atom. The number of fused-ring (bicyclic) bond motifs is 1. The molecule has 0 bridgehead atoms. The molecule has 7 rings (SSSR count). The minimum atomic E-state index is -0.973. The van der Waals surface area contributed by atoms with Crippen LogP contribution in [0.3, 0.4) is 0 Å². The molecule has 4 aromatic heterocycles. The number of carbonyl (C=O) groups is 3. The lowest BCUT2D eigenvalue weighted by molar-refractivity contribution is -0.144. The number of aromatic nitrogens is 6. The molecule has 70 heavy (non-hydrogen) atoms. The van der Waals surface area contributed by atoms with E-state index in [9.17, 15) is 19.5 Å². The fourth-order valence-electron chi connectivity index (χ4n) is 8.28. The Kier molecular flexibility index (Phi) is 17.3. The molecule has 1 fully saturated rings. The number of hydrogen-bond acceptors (Lipinski definition) is 15. The highest BCUT2D eigenvalue weighted by atomic mass is 32.1. The van der Waals surface area contributed by atoms with Crippen LogP contribution in [0.1, 0.15) is 77.1 Å². The van der Waals surface area contributed by atoms with E-state index < -0.39 is 35.4 Å². The third-order valence-corrected chi connectivity index (χ3v) is 12.8. The van der Waals surface area contributed by atoms with E-state index >= 15 is 0 Å². The molecule has 0 aliphatic carbocycles. The Hall–Kier alpha value is -6.38.